The van der Waals surface area contributed by atoms with Crippen LogP contribution < -0.4 is 29.7 Å². The van der Waals surface area contributed by atoms with Crippen LogP contribution in [0.15, 0.2) is 65.8 Å². The van der Waals surface area contributed by atoms with Crippen molar-refractivity contribution >= 4 is 23.7 Å². The van der Waals surface area contributed by atoms with Crippen molar-refractivity contribution in [2.24, 2.45) is 5.10 Å². The molecule has 0 aliphatic heterocycles. The minimum absolute atomic E-state index is 0.222. The standard InChI is InChI=1S/C27H29N3O6/c1-5-35-25-15-19(16-28-30-27(32)20-12-10-18(2)14-24(20)34-4)11-13-23(25)36-17-26(31)29-21-8-6-7-9-22(21)33-3/h6-16H,5,17H2,1-4H3,(H,29,31)(H,30,32)/b28-16-. The predicted octanol–water partition coefficient (Wildman–Crippen LogP) is 4.19. The van der Waals surface area contributed by atoms with Crippen LogP contribution in [0.4, 0.5) is 5.69 Å². The Bertz CT molecular complexity index is 1240. The number of benzene rings is 3. The van der Waals surface area contributed by atoms with Gasteiger partial charge in [0, 0.05) is 0 Å². The van der Waals surface area contributed by atoms with Gasteiger partial charge in [-0.1, -0.05) is 18.2 Å². The molecule has 0 aliphatic rings. The van der Waals surface area contributed by atoms with E-state index in [-0.39, 0.29) is 12.5 Å². The smallest absolute Gasteiger partial charge is 0.275 e. The van der Waals surface area contributed by atoms with Gasteiger partial charge in [-0.05, 0) is 67.4 Å². The first-order valence-corrected chi connectivity index (χ1v) is 11.3. The number of carbonyl (C=O) groups excluding carboxylic acids is 2. The predicted molar refractivity (Wildman–Crippen MR) is 138 cm³/mol. The van der Waals surface area contributed by atoms with Crippen LogP contribution in [0.5, 0.6) is 23.0 Å². The van der Waals surface area contributed by atoms with Gasteiger partial charge in [-0.3, -0.25) is 9.59 Å². The molecule has 0 aliphatic carbocycles. The van der Waals surface area contributed by atoms with Crippen molar-refractivity contribution < 1.29 is 28.5 Å². The number of carbonyl (C=O) groups is 2. The first-order valence-electron chi connectivity index (χ1n) is 11.3. The van der Waals surface area contributed by atoms with Crippen LogP contribution in [0, 0.1) is 6.92 Å². The second-order valence-electron chi connectivity index (χ2n) is 7.58. The maximum absolute atomic E-state index is 12.5. The SMILES string of the molecule is CCOc1cc(/C=N\NC(=O)c2ccc(C)cc2OC)ccc1OCC(=O)Nc1ccccc1OC. The third-order valence-corrected chi connectivity index (χ3v) is 4.99. The number of ether oxygens (including phenoxy) is 4. The molecular weight excluding hydrogens is 462 g/mol. The van der Waals surface area contributed by atoms with E-state index in [4.69, 9.17) is 18.9 Å². The number of anilines is 1. The number of rotatable bonds is 11. The van der Waals surface area contributed by atoms with Gasteiger partial charge in [0.05, 0.1) is 38.3 Å². The van der Waals surface area contributed by atoms with E-state index >= 15 is 0 Å². The summed E-state index contributed by atoms with van der Waals surface area (Å²) in [6, 6.07) is 17.5. The van der Waals surface area contributed by atoms with Crippen molar-refractivity contribution in [3.8, 4) is 23.0 Å². The molecule has 0 saturated carbocycles. The van der Waals surface area contributed by atoms with Crippen molar-refractivity contribution in [3.63, 3.8) is 0 Å². The maximum Gasteiger partial charge on any atom is 0.275 e. The number of para-hydroxylation sites is 2. The quantitative estimate of drug-likeness (QED) is 0.308. The molecule has 0 saturated heterocycles. The third kappa shape index (κ3) is 6.99. The molecule has 9 heteroatoms. The molecular formula is C27H29N3O6. The summed E-state index contributed by atoms with van der Waals surface area (Å²) in [4.78, 5) is 24.8. The van der Waals surface area contributed by atoms with Crippen LogP contribution in [0.2, 0.25) is 0 Å². The lowest BCUT2D eigenvalue weighted by Gasteiger charge is -2.13. The van der Waals surface area contributed by atoms with E-state index in [9.17, 15) is 9.59 Å². The van der Waals surface area contributed by atoms with E-state index in [0.717, 1.165) is 5.56 Å². The van der Waals surface area contributed by atoms with E-state index in [0.29, 0.717) is 46.4 Å². The Morgan fingerprint density at radius 1 is 0.889 bits per heavy atom. The first-order chi connectivity index (χ1) is 17.4. The average Bonchev–Trinajstić information content (AvgIpc) is 2.88. The minimum Gasteiger partial charge on any atom is -0.496 e. The number of hydrazone groups is 1. The van der Waals surface area contributed by atoms with Crippen LogP contribution in [-0.4, -0.2) is 45.5 Å². The van der Waals surface area contributed by atoms with Crippen LogP contribution in [-0.2, 0) is 4.79 Å². The van der Waals surface area contributed by atoms with Crippen LogP contribution in [0.3, 0.4) is 0 Å². The molecule has 0 spiro atoms. The number of hydrogen-bond acceptors (Lipinski definition) is 7. The van der Waals surface area contributed by atoms with E-state index in [1.165, 1.54) is 20.4 Å². The minimum atomic E-state index is -0.394. The Kier molecular flexibility index (Phi) is 9.27. The highest BCUT2D eigenvalue weighted by molar-refractivity contribution is 5.97. The molecule has 3 aromatic carbocycles. The topological polar surface area (TPSA) is 107 Å². The zero-order valence-corrected chi connectivity index (χ0v) is 20.7. The monoisotopic (exact) mass is 491 g/mol. The third-order valence-electron chi connectivity index (χ3n) is 4.99. The molecule has 0 fully saturated rings. The van der Waals surface area contributed by atoms with Crippen molar-refractivity contribution in [1.29, 1.82) is 0 Å². The zero-order chi connectivity index (χ0) is 25.9. The lowest BCUT2D eigenvalue weighted by Crippen LogP contribution is -2.20. The molecule has 0 bridgehead atoms. The van der Waals surface area contributed by atoms with Crippen LogP contribution in [0.25, 0.3) is 0 Å². The van der Waals surface area contributed by atoms with Gasteiger partial charge in [0.15, 0.2) is 18.1 Å². The van der Waals surface area contributed by atoms with Gasteiger partial charge in [-0.15, -0.1) is 0 Å². The molecule has 188 valence electrons. The summed E-state index contributed by atoms with van der Waals surface area (Å²) in [7, 11) is 3.04. The van der Waals surface area contributed by atoms with E-state index in [1.54, 1.807) is 48.5 Å². The van der Waals surface area contributed by atoms with Gasteiger partial charge in [0.2, 0.25) is 0 Å². The highest BCUT2D eigenvalue weighted by atomic mass is 16.5. The van der Waals surface area contributed by atoms with Crippen molar-refractivity contribution in [2.45, 2.75) is 13.8 Å². The normalized spacial score (nSPS) is 10.6. The molecule has 0 unspecified atom stereocenters. The zero-order valence-electron chi connectivity index (χ0n) is 20.7. The molecule has 36 heavy (non-hydrogen) atoms. The fourth-order valence-corrected chi connectivity index (χ4v) is 3.28. The Hall–Kier alpha value is -4.53. The molecule has 0 heterocycles. The van der Waals surface area contributed by atoms with Crippen molar-refractivity contribution in [2.75, 3.05) is 32.8 Å². The van der Waals surface area contributed by atoms with Crippen molar-refractivity contribution in [3.05, 3.63) is 77.4 Å². The van der Waals surface area contributed by atoms with Crippen LogP contribution in [0.1, 0.15) is 28.4 Å². The first kappa shape index (κ1) is 26.1. The van der Waals surface area contributed by atoms with Gasteiger partial charge in [-0.2, -0.15) is 5.10 Å². The number of methoxy groups -OCH3 is 2. The Labute approximate surface area is 210 Å². The highest BCUT2D eigenvalue weighted by Gasteiger charge is 2.13. The summed E-state index contributed by atoms with van der Waals surface area (Å²) >= 11 is 0. The average molecular weight is 492 g/mol. The molecule has 0 radical (unpaired) electrons. The summed E-state index contributed by atoms with van der Waals surface area (Å²) in [5.74, 6) is 1.13. The number of nitrogens with zero attached hydrogens (tertiary/aromatic N) is 1. The summed E-state index contributed by atoms with van der Waals surface area (Å²) < 4.78 is 21.9. The number of aryl methyl sites for hydroxylation is 1. The summed E-state index contributed by atoms with van der Waals surface area (Å²) in [5.41, 5.74) is 5.08. The van der Waals surface area contributed by atoms with Gasteiger partial charge in [-0.25, -0.2) is 5.43 Å². The Morgan fingerprint density at radius 3 is 2.42 bits per heavy atom. The summed E-state index contributed by atoms with van der Waals surface area (Å²) in [6.45, 7) is 3.93. The van der Waals surface area contributed by atoms with E-state index in [1.807, 2.05) is 26.0 Å². The summed E-state index contributed by atoms with van der Waals surface area (Å²) in [5, 5.41) is 6.79. The fourth-order valence-electron chi connectivity index (χ4n) is 3.28. The molecule has 0 atom stereocenters. The number of amides is 2. The molecule has 9 nitrogen and oxygen atoms in total. The second kappa shape index (κ2) is 12.8. The van der Waals surface area contributed by atoms with Gasteiger partial charge in [0.25, 0.3) is 11.8 Å². The molecule has 2 amide bonds. The van der Waals surface area contributed by atoms with Gasteiger partial charge < -0.3 is 24.3 Å². The van der Waals surface area contributed by atoms with E-state index < -0.39 is 5.91 Å². The molecule has 3 aromatic rings. The lowest BCUT2D eigenvalue weighted by molar-refractivity contribution is -0.118. The fraction of sp³-hybridized carbons (Fsp3) is 0.222. The number of nitrogens with one attached hydrogen (secondary N) is 2. The largest absolute Gasteiger partial charge is 0.496 e. The second-order valence-corrected chi connectivity index (χ2v) is 7.58. The summed E-state index contributed by atoms with van der Waals surface area (Å²) in [6.07, 6.45) is 1.49. The van der Waals surface area contributed by atoms with Crippen LogP contribution >= 0.6 is 0 Å². The lowest BCUT2D eigenvalue weighted by atomic mass is 10.1. The van der Waals surface area contributed by atoms with Crippen molar-refractivity contribution in [1.82, 2.24) is 5.43 Å². The Morgan fingerprint density at radius 2 is 1.67 bits per heavy atom. The maximum atomic E-state index is 12.5. The molecule has 3 rings (SSSR count). The highest BCUT2D eigenvalue weighted by Crippen LogP contribution is 2.28. The van der Waals surface area contributed by atoms with Gasteiger partial charge >= 0.3 is 0 Å². The number of hydrogen-bond donors (Lipinski definition) is 2. The van der Waals surface area contributed by atoms with Gasteiger partial charge in [0.1, 0.15) is 11.5 Å². The Balaban J connectivity index is 1.63. The molecule has 2 N–H and O–H groups in total. The molecule has 0 aromatic heterocycles. The van der Waals surface area contributed by atoms with E-state index in [2.05, 4.69) is 15.8 Å².